The van der Waals surface area contributed by atoms with Crippen LogP contribution in [0.3, 0.4) is 0 Å². The number of sulfonamides is 1. The second-order valence-electron chi connectivity index (χ2n) is 5.14. The molecule has 0 fully saturated rings. The summed E-state index contributed by atoms with van der Waals surface area (Å²) >= 11 is 1.67. The van der Waals surface area contributed by atoms with Crippen molar-refractivity contribution in [3.63, 3.8) is 0 Å². The van der Waals surface area contributed by atoms with E-state index in [9.17, 15) is 8.42 Å². The SMILES string of the molecule is CN=C(NCCNS(=O)(=O)c1ccc(C)cc1)NCc1cccs1. The van der Waals surface area contributed by atoms with E-state index in [1.165, 1.54) is 4.88 Å². The van der Waals surface area contributed by atoms with Crippen LogP contribution in [-0.4, -0.2) is 34.5 Å². The summed E-state index contributed by atoms with van der Waals surface area (Å²) in [5, 5.41) is 8.28. The Bertz CT molecular complexity index is 754. The fraction of sp³-hybridized carbons (Fsp3) is 0.312. The van der Waals surface area contributed by atoms with Crippen LogP contribution in [0.5, 0.6) is 0 Å². The van der Waals surface area contributed by atoms with Gasteiger partial charge in [0.2, 0.25) is 10.0 Å². The van der Waals surface area contributed by atoms with Crippen LogP contribution < -0.4 is 15.4 Å². The van der Waals surface area contributed by atoms with E-state index in [1.807, 2.05) is 24.4 Å². The fourth-order valence-corrected chi connectivity index (χ4v) is 3.65. The van der Waals surface area contributed by atoms with Crippen LogP contribution in [0.25, 0.3) is 0 Å². The van der Waals surface area contributed by atoms with Gasteiger partial charge in [-0.3, -0.25) is 4.99 Å². The zero-order valence-corrected chi connectivity index (χ0v) is 15.4. The lowest BCUT2D eigenvalue weighted by Crippen LogP contribution is -2.41. The van der Waals surface area contributed by atoms with Crippen molar-refractivity contribution in [2.45, 2.75) is 18.4 Å². The molecular weight excluding hydrogens is 344 g/mol. The van der Waals surface area contributed by atoms with E-state index >= 15 is 0 Å². The Morgan fingerprint density at radius 1 is 1.12 bits per heavy atom. The third kappa shape index (κ3) is 5.63. The van der Waals surface area contributed by atoms with Crippen LogP contribution in [0.2, 0.25) is 0 Å². The van der Waals surface area contributed by atoms with Crippen molar-refractivity contribution in [1.82, 2.24) is 15.4 Å². The molecule has 0 radical (unpaired) electrons. The molecule has 0 saturated heterocycles. The molecule has 6 nitrogen and oxygen atoms in total. The Morgan fingerprint density at radius 3 is 2.50 bits per heavy atom. The quantitative estimate of drug-likeness (QED) is 0.396. The highest BCUT2D eigenvalue weighted by Gasteiger charge is 2.12. The summed E-state index contributed by atoms with van der Waals surface area (Å²) in [4.78, 5) is 5.59. The van der Waals surface area contributed by atoms with E-state index in [0.29, 0.717) is 19.0 Å². The minimum absolute atomic E-state index is 0.272. The van der Waals surface area contributed by atoms with Gasteiger partial charge in [0.25, 0.3) is 0 Å². The smallest absolute Gasteiger partial charge is 0.240 e. The number of rotatable bonds is 7. The Kier molecular flexibility index (Phi) is 6.77. The first-order valence-corrected chi connectivity index (χ1v) is 9.91. The zero-order valence-electron chi connectivity index (χ0n) is 13.7. The first-order valence-electron chi connectivity index (χ1n) is 7.54. The van der Waals surface area contributed by atoms with Gasteiger partial charge in [0.15, 0.2) is 5.96 Å². The minimum Gasteiger partial charge on any atom is -0.355 e. The molecular formula is C16H22N4O2S2. The molecule has 8 heteroatoms. The van der Waals surface area contributed by atoms with Crippen LogP contribution in [-0.2, 0) is 16.6 Å². The predicted octanol–water partition coefficient (Wildman–Crippen LogP) is 1.70. The number of hydrogen-bond donors (Lipinski definition) is 3. The van der Waals surface area contributed by atoms with Gasteiger partial charge in [-0.1, -0.05) is 23.8 Å². The highest BCUT2D eigenvalue weighted by Crippen LogP contribution is 2.09. The molecule has 1 heterocycles. The number of hydrogen-bond acceptors (Lipinski definition) is 4. The second-order valence-corrected chi connectivity index (χ2v) is 7.94. The van der Waals surface area contributed by atoms with E-state index in [1.54, 1.807) is 42.6 Å². The van der Waals surface area contributed by atoms with Crippen LogP contribution in [0.15, 0.2) is 51.7 Å². The molecule has 0 aliphatic heterocycles. The van der Waals surface area contributed by atoms with Gasteiger partial charge < -0.3 is 10.6 Å². The van der Waals surface area contributed by atoms with Crippen molar-refractivity contribution in [2.75, 3.05) is 20.1 Å². The molecule has 0 aliphatic carbocycles. The molecule has 0 amide bonds. The van der Waals surface area contributed by atoms with Gasteiger partial charge in [0.05, 0.1) is 11.4 Å². The van der Waals surface area contributed by atoms with Crippen molar-refractivity contribution in [2.24, 2.45) is 4.99 Å². The highest BCUT2D eigenvalue weighted by molar-refractivity contribution is 7.89. The Labute approximate surface area is 147 Å². The molecule has 2 rings (SSSR count). The monoisotopic (exact) mass is 366 g/mol. The average Bonchev–Trinajstić information content (AvgIpc) is 3.08. The molecule has 0 bridgehead atoms. The number of benzene rings is 1. The molecule has 24 heavy (non-hydrogen) atoms. The van der Waals surface area contributed by atoms with Crippen molar-refractivity contribution in [3.8, 4) is 0 Å². The summed E-state index contributed by atoms with van der Waals surface area (Å²) in [6.45, 7) is 3.32. The van der Waals surface area contributed by atoms with Crippen molar-refractivity contribution in [3.05, 3.63) is 52.2 Å². The van der Waals surface area contributed by atoms with Crippen molar-refractivity contribution in [1.29, 1.82) is 0 Å². The largest absolute Gasteiger partial charge is 0.355 e. The van der Waals surface area contributed by atoms with Gasteiger partial charge in [0, 0.05) is 25.0 Å². The maximum atomic E-state index is 12.2. The van der Waals surface area contributed by atoms with Gasteiger partial charge in [-0.05, 0) is 30.5 Å². The summed E-state index contributed by atoms with van der Waals surface area (Å²) in [5.41, 5.74) is 1.02. The lowest BCUT2D eigenvalue weighted by Gasteiger charge is -2.12. The van der Waals surface area contributed by atoms with E-state index < -0.39 is 10.0 Å². The van der Waals surface area contributed by atoms with Gasteiger partial charge in [-0.15, -0.1) is 11.3 Å². The first-order chi connectivity index (χ1) is 11.5. The minimum atomic E-state index is -3.48. The van der Waals surface area contributed by atoms with Crippen molar-refractivity contribution < 1.29 is 8.42 Å². The standard InChI is InChI=1S/C16H22N4O2S2/c1-13-5-7-15(8-6-13)24(21,22)20-10-9-18-16(17-2)19-12-14-4-3-11-23-14/h3-8,11,20H,9-10,12H2,1-2H3,(H2,17,18,19). The van der Waals surface area contributed by atoms with E-state index in [-0.39, 0.29) is 11.4 Å². The van der Waals surface area contributed by atoms with Crippen LogP contribution >= 0.6 is 11.3 Å². The van der Waals surface area contributed by atoms with Gasteiger partial charge >= 0.3 is 0 Å². The molecule has 2 aromatic rings. The third-order valence-corrected chi connectivity index (χ3v) is 5.63. The summed E-state index contributed by atoms with van der Waals surface area (Å²) in [6.07, 6.45) is 0. The first kappa shape index (κ1) is 18.4. The van der Waals surface area contributed by atoms with E-state index in [4.69, 9.17) is 0 Å². The lowest BCUT2D eigenvalue weighted by atomic mass is 10.2. The summed E-state index contributed by atoms with van der Waals surface area (Å²) in [7, 11) is -1.80. The topological polar surface area (TPSA) is 82.6 Å². The predicted molar refractivity (Wildman–Crippen MR) is 98.9 cm³/mol. The van der Waals surface area contributed by atoms with E-state index in [0.717, 1.165) is 5.56 Å². The molecule has 0 aliphatic rings. The molecule has 0 spiro atoms. The molecule has 0 unspecified atom stereocenters. The van der Waals surface area contributed by atoms with Crippen LogP contribution in [0.4, 0.5) is 0 Å². The number of guanidine groups is 1. The molecule has 1 aromatic heterocycles. The lowest BCUT2D eigenvalue weighted by molar-refractivity contribution is 0.580. The Hall–Kier alpha value is -1.90. The van der Waals surface area contributed by atoms with E-state index in [2.05, 4.69) is 20.3 Å². The summed E-state index contributed by atoms with van der Waals surface area (Å²) < 4.78 is 26.9. The van der Waals surface area contributed by atoms with Crippen LogP contribution in [0, 0.1) is 6.92 Å². The van der Waals surface area contributed by atoms with Crippen LogP contribution in [0.1, 0.15) is 10.4 Å². The third-order valence-electron chi connectivity index (χ3n) is 3.27. The summed E-state index contributed by atoms with van der Waals surface area (Å²) in [6, 6.07) is 10.8. The maximum absolute atomic E-state index is 12.2. The normalized spacial score (nSPS) is 12.2. The second kappa shape index (κ2) is 8.81. The molecule has 3 N–H and O–H groups in total. The molecule has 0 saturated carbocycles. The molecule has 1 aromatic carbocycles. The highest BCUT2D eigenvalue weighted by atomic mass is 32.2. The fourth-order valence-electron chi connectivity index (χ4n) is 1.97. The number of aliphatic imine (C=N–C) groups is 1. The Balaban J connectivity index is 1.75. The number of nitrogens with zero attached hydrogens (tertiary/aromatic N) is 1. The summed E-state index contributed by atoms with van der Waals surface area (Å²) in [5.74, 6) is 0.637. The number of nitrogens with one attached hydrogen (secondary N) is 3. The number of thiophene rings is 1. The molecule has 130 valence electrons. The van der Waals surface area contributed by atoms with Gasteiger partial charge in [0.1, 0.15) is 0 Å². The Morgan fingerprint density at radius 2 is 1.88 bits per heavy atom. The van der Waals surface area contributed by atoms with Gasteiger partial charge in [-0.2, -0.15) is 0 Å². The average molecular weight is 367 g/mol. The zero-order chi connectivity index (χ0) is 17.4. The van der Waals surface area contributed by atoms with Crippen molar-refractivity contribution >= 4 is 27.3 Å². The maximum Gasteiger partial charge on any atom is 0.240 e. The molecule has 0 atom stereocenters. The van der Waals surface area contributed by atoms with Gasteiger partial charge in [-0.25, -0.2) is 13.1 Å². The number of aryl methyl sites for hydroxylation is 1.